The molecule has 0 amide bonds. The molecule has 0 aliphatic carbocycles. The van der Waals surface area contributed by atoms with Crippen LogP contribution in [0.5, 0.6) is 0 Å². The number of ether oxygens (including phenoxy) is 1. The Morgan fingerprint density at radius 1 is 1.42 bits per heavy atom. The van der Waals surface area contributed by atoms with Gasteiger partial charge in [0.05, 0.1) is 23.9 Å². The molecule has 0 spiro atoms. The smallest absolute Gasteiger partial charge is 0.263 e. The molecule has 0 saturated carbocycles. The molecule has 4 heterocycles. The number of imidazole rings is 1. The van der Waals surface area contributed by atoms with Gasteiger partial charge in [0.2, 0.25) is 5.95 Å². The summed E-state index contributed by atoms with van der Waals surface area (Å²) in [4.78, 5) is 28.9. The van der Waals surface area contributed by atoms with Crippen molar-refractivity contribution in [3.05, 3.63) is 34.5 Å². The number of nitrogens with one attached hydrogen (secondary N) is 1. The second-order valence-electron chi connectivity index (χ2n) is 5.95. The molecule has 4 rings (SSSR count). The SMILES string of the molecule is Cc1nc(N)nc2c1cc(-c1ncc[nH]1)c(=O)n2[C@@H]1CCCOC1. The number of hydrogen-bond donors (Lipinski definition) is 2. The highest BCUT2D eigenvalue weighted by atomic mass is 16.5. The number of aromatic nitrogens is 5. The minimum atomic E-state index is -0.148. The number of fused-ring (bicyclic) bond motifs is 1. The second-order valence-corrected chi connectivity index (χ2v) is 5.95. The third kappa shape index (κ3) is 2.35. The fourth-order valence-electron chi connectivity index (χ4n) is 3.22. The van der Waals surface area contributed by atoms with E-state index in [0.29, 0.717) is 23.6 Å². The molecule has 1 aliphatic rings. The number of nitrogen functional groups attached to an aromatic ring is 1. The van der Waals surface area contributed by atoms with E-state index < -0.39 is 0 Å². The van der Waals surface area contributed by atoms with Crippen molar-refractivity contribution >= 4 is 17.0 Å². The summed E-state index contributed by atoms with van der Waals surface area (Å²) in [6, 6.07) is 1.71. The lowest BCUT2D eigenvalue weighted by molar-refractivity contribution is 0.0594. The van der Waals surface area contributed by atoms with E-state index in [4.69, 9.17) is 10.5 Å². The molecule has 1 saturated heterocycles. The number of aromatic amines is 1. The fourth-order valence-corrected chi connectivity index (χ4v) is 3.22. The molecule has 1 atom stereocenters. The number of pyridine rings is 1. The summed E-state index contributed by atoms with van der Waals surface area (Å²) in [7, 11) is 0. The molecule has 1 fully saturated rings. The first-order valence-corrected chi connectivity index (χ1v) is 7.92. The summed E-state index contributed by atoms with van der Waals surface area (Å²) in [6.07, 6.45) is 5.08. The van der Waals surface area contributed by atoms with Crippen molar-refractivity contribution in [2.45, 2.75) is 25.8 Å². The maximum Gasteiger partial charge on any atom is 0.263 e. The molecule has 3 aromatic heterocycles. The Kier molecular flexibility index (Phi) is 3.53. The number of nitrogens with zero attached hydrogens (tertiary/aromatic N) is 4. The lowest BCUT2D eigenvalue weighted by Crippen LogP contribution is -2.32. The number of H-pyrrole nitrogens is 1. The van der Waals surface area contributed by atoms with Gasteiger partial charge in [0.1, 0.15) is 11.5 Å². The van der Waals surface area contributed by atoms with Crippen LogP contribution in [0.15, 0.2) is 23.3 Å². The van der Waals surface area contributed by atoms with E-state index in [9.17, 15) is 4.79 Å². The van der Waals surface area contributed by atoms with Gasteiger partial charge in [0, 0.05) is 24.4 Å². The third-order valence-corrected chi connectivity index (χ3v) is 4.35. The minimum absolute atomic E-state index is 0.0719. The highest BCUT2D eigenvalue weighted by molar-refractivity contribution is 5.83. The predicted octanol–water partition coefficient (Wildman–Crippen LogP) is 1.42. The van der Waals surface area contributed by atoms with E-state index in [-0.39, 0.29) is 17.5 Å². The van der Waals surface area contributed by atoms with Crippen LogP contribution in [0.2, 0.25) is 0 Å². The summed E-state index contributed by atoms with van der Waals surface area (Å²) in [6.45, 7) is 3.06. The molecular weight excluding hydrogens is 308 g/mol. The number of nitrogens with two attached hydrogens (primary N) is 1. The zero-order valence-corrected chi connectivity index (χ0v) is 13.3. The second kappa shape index (κ2) is 5.72. The Balaban J connectivity index is 2.06. The van der Waals surface area contributed by atoms with E-state index in [1.165, 1.54) is 0 Å². The number of rotatable bonds is 2. The molecule has 0 unspecified atom stereocenters. The van der Waals surface area contributed by atoms with E-state index in [0.717, 1.165) is 30.5 Å². The first kappa shape index (κ1) is 14.8. The van der Waals surface area contributed by atoms with Crippen molar-refractivity contribution in [1.29, 1.82) is 0 Å². The van der Waals surface area contributed by atoms with Gasteiger partial charge in [0.15, 0.2) is 0 Å². The normalized spacial score (nSPS) is 18.1. The lowest BCUT2D eigenvalue weighted by Gasteiger charge is -2.26. The molecule has 8 heteroatoms. The standard InChI is InChI=1S/C16H18N6O2/c1-9-11-7-12(13-18-4-5-19-13)15(23)22(10-3-2-6-24-8-10)14(11)21-16(17)20-9/h4-5,7,10H,2-3,6,8H2,1H3,(H,18,19)(H2,17,20,21)/t10-/m1/s1. The first-order chi connectivity index (χ1) is 11.6. The molecule has 8 nitrogen and oxygen atoms in total. The van der Waals surface area contributed by atoms with E-state index in [2.05, 4.69) is 19.9 Å². The maximum absolute atomic E-state index is 13.1. The maximum atomic E-state index is 13.1. The summed E-state index contributed by atoms with van der Waals surface area (Å²) >= 11 is 0. The van der Waals surface area contributed by atoms with E-state index >= 15 is 0 Å². The van der Waals surface area contributed by atoms with Crippen molar-refractivity contribution in [1.82, 2.24) is 24.5 Å². The predicted molar refractivity (Wildman–Crippen MR) is 89.6 cm³/mol. The van der Waals surface area contributed by atoms with Gasteiger partial charge in [-0.1, -0.05) is 0 Å². The van der Waals surface area contributed by atoms with Crippen LogP contribution in [0, 0.1) is 6.92 Å². The zero-order chi connectivity index (χ0) is 16.7. The van der Waals surface area contributed by atoms with Gasteiger partial charge in [-0.2, -0.15) is 4.98 Å². The molecular formula is C16H18N6O2. The summed E-state index contributed by atoms with van der Waals surface area (Å²) in [5.74, 6) is 0.694. The van der Waals surface area contributed by atoms with Crippen LogP contribution in [0.4, 0.5) is 5.95 Å². The van der Waals surface area contributed by atoms with E-state index in [1.54, 1.807) is 23.0 Å². The Morgan fingerprint density at radius 2 is 2.29 bits per heavy atom. The van der Waals surface area contributed by atoms with Gasteiger partial charge in [-0.05, 0) is 25.8 Å². The van der Waals surface area contributed by atoms with Crippen molar-refractivity contribution in [3.63, 3.8) is 0 Å². The fraction of sp³-hybridized carbons (Fsp3) is 0.375. The van der Waals surface area contributed by atoms with Crippen LogP contribution in [0.1, 0.15) is 24.6 Å². The zero-order valence-electron chi connectivity index (χ0n) is 13.3. The molecule has 124 valence electrons. The largest absolute Gasteiger partial charge is 0.379 e. The van der Waals surface area contributed by atoms with Gasteiger partial charge in [-0.3, -0.25) is 9.36 Å². The molecule has 0 bridgehead atoms. The third-order valence-electron chi connectivity index (χ3n) is 4.35. The van der Waals surface area contributed by atoms with Crippen LogP contribution >= 0.6 is 0 Å². The lowest BCUT2D eigenvalue weighted by atomic mass is 10.1. The van der Waals surface area contributed by atoms with Crippen LogP contribution in [0.25, 0.3) is 22.4 Å². The van der Waals surface area contributed by atoms with Gasteiger partial charge < -0.3 is 15.5 Å². The van der Waals surface area contributed by atoms with E-state index in [1.807, 2.05) is 6.92 Å². The van der Waals surface area contributed by atoms with Gasteiger partial charge in [0.25, 0.3) is 5.56 Å². The van der Waals surface area contributed by atoms with Crippen LogP contribution < -0.4 is 11.3 Å². The average Bonchev–Trinajstić information content (AvgIpc) is 3.09. The van der Waals surface area contributed by atoms with Crippen LogP contribution in [-0.2, 0) is 4.74 Å². The van der Waals surface area contributed by atoms with Gasteiger partial charge in [-0.25, -0.2) is 9.97 Å². The van der Waals surface area contributed by atoms with Crippen molar-refractivity contribution in [3.8, 4) is 11.4 Å². The summed E-state index contributed by atoms with van der Waals surface area (Å²) in [5, 5.41) is 0.792. The number of anilines is 1. The first-order valence-electron chi connectivity index (χ1n) is 7.92. The monoisotopic (exact) mass is 326 g/mol. The van der Waals surface area contributed by atoms with Crippen molar-refractivity contribution in [2.24, 2.45) is 0 Å². The van der Waals surface area contributed by atoms with Crippen molar-refractivity contribution in [2.75, 3.05) is 18.9 Å². The Labute approximate surface area is 137 Å². The van der Waals surface area contributed by atoms with Crippen molar-refractivity contribution < 1.29 is 4.74 Å². The number of aryl methyl sites for hydroxylation is 1. The molecule has 3 N–H and O–H groups in total. The van der Waals surface area contributed by atoms with Crippen LogP contribution in [0.3, 0.4) is 0 Å². The Hall–Kier alpha value is -2.74. The average molecular weight is 326 g/mol. The van der Waals surface area contributed by atoms with Gasteiger partial charge in [-0.15, -0.1) is 0 Å². The quantitative estimate of drug-likeness (QED) is 0.736. The van der Waals surface area contributed by atoms with Gasteiger partial charge >= 0.3 is 0 Å². The van der Waals surface area contributed by atoms with Crippen LogP contribution in [-0.4, -0.2) is 37.7 Å². The topological polar surface area (TPSA) is 112 Å². The molecule has 0 radical (unpaired) electrons. The summed E-state index contributed by atoms with van der Waals surface area (Å²) in [5.41, 5.74) is 7.45. The molecule has 24 heavy (non-hydrogen) atoms. The highest BCUT2D eigenvalue weighted by Crippen LogP contribution is 2.26. The summed E-state index contributed by atoms with van der Waals surface area (Å²) < 4.78 is 7.27. The molecule has 0 aromatic carbocycles. The number of hydrogen-bond acceptors (Lipinski definition) is 6. The minimum Gasteiger partial charge on any atom is -0.379 e. The Bertz CT molecular complexity index is 941. The molecule has 3 aromatic rings. The Morgan fingerprint density at radius 3 is 3.00 bits per heavy atom. The highest BCUT2D eigenvalue weighted by Gasteiger charge is 2.23. The molecule has 1 aliphatic heterocycles.